The monoisotopic (exact) mass is 400 g/mol. The minimum absolute atomic E-state index is 0.131. The van der Waals surface area contributed by atoms with E-state index >= 15 is 0 Å². The van der Waals surface area contributed by atoms with Gasteiger partial charge in [0.2, 0.25) is 11.0 Å². The zero-order chi connectivity index (χ0) is 18.6. The number of nitrogens with zero attached hydrogens (tertiary/aromatic N) is 2. The zero-order valence-corrected chi connectivity index (χ0v) is 16.3. The molecule has 1 atom stereocenters. The van der Waals surface area contributed by atoms with Crippen LogP contribution in [0.2, 0.25) is 10.0 Å². The van der Waals surface area contributed by atoms with Gasteiger partial charge in [-0.1, -0.05) is 55.3 Å². The van der Waals surface area contributed by atoms with Crippen LogP contribution in [-0.2, 0) is 11.2 Å². The fourth-order valence-corrected chi connectivity index (χ4v) is 3.23. The van der Waals surface area contributed by atoms with Crippen LogP contribution in [0.15, 0.2) is 18.2 Å². The number of anilines is 1. The molecule has 6 nitrogen and oxygen atoms in total. The summed E-state index contributed by atoms with van der Waals surface area (Å²) >= 11 is 13.2. The summed E-state index contributed by atoms with van der Waals surface area (Å²) in [6, 6.07) is 3.83. The van der Waals surface area contributed by atoms with E-state index in [2.05, 4.69) is 20.8 Å². The predicted octanol–water partition coefficient (Wildman–Crippen LogP) is 3.80. The van der Waals surface area contributed by atoms with Gasteiger partial charge in [0.1, 0.15) is 11.0 Å². The van der Waals surface area contributed by atoms with Gasteiger partial charge in [-0.25, -0.2) is 0 Å². The Balaban J connectivity index is 2.11. The van der Waals surface area contributed by atoms with Crippen LogP contribution in [0.1, 0.15) is 36.1 Å². The molecule has 2 amide bonds. The molecule has 2 aromatic rings. The molecule has 9 heteroatoms. The van der Waals surface area contributed by atoms with Crippen LogP contribution in [0, 0.1) is 5.92 Å². The van der Waals surface area contributed by atoms with E-state index in [1.165, 1.54) is 23.5 Å². The van der Waals surface area contributed by atoms with Crippen molar-refractivity contribution in [1.29, 1.82) is 0 Å². The first-order valence-electron chi connectivity index (χ1n) is 7.71. The van der Waals surface area contributed by atoms with Crippen molar-refractivity contribution < 1.29 is 9.59 Å². The van der Waals surface area contributed by atoms with Gasteiger partial charge >= 0.3 is 0 Å². The van der Waals surface area contributed by atoms with Crippen molar-refractivity contribution in [3.05, 3.63) is 38.8 Å². The largest absolute Gasteiger partial charge is 0.340 e. The predicted molar refractivity (Wildman–Crippen MR) is 100 cm³/mol. The van der Waals surface area contributed by atoms with E-state index in [0.29, 0.717) is 10.2 Å². The molecule has 2 N–H and O–H groups in total. The Hall–Kier alpha value is -1.70. The summed E-state index contributed by atoms with van der Waals surface area (Å²) in [5.74, 6) is -0.928. The normalized spacial score (nSPS) is 12.1. The van der Waals surface area contributed by atoms with Crippen LogP contribution in [0.25, 0.3) is 0 Å². The first kappa shape index (κ1) is 19.6. The van der Waals surface area contributed by atoms with Crippen molar-refractivity contribution in [2.75, 3.05) is 5.32 Å². The lowest BCUT2D eigenvalue weighted by atomic mass is 10.0. The van der Waals surface area contributed by atoms with Crippen LogP contribution < -0.4 is 10.6 Å². The van der Waals surface area contributed by atoms with Crippen LogP contribution in [0.3, 0.4) is 0 Å². The van der Waals surface area contributed by atoms with E-state index in [4.69, 9.17) is 23.2 Å². The summed E-state index contributed by atoms with van der Waals surface area (Å²) in [5.41, 5.74) is 0.258. The summed E-state index contributed by atoms with van der Waals surface area (Å²) in [4.78, 5) is 25.0. The molecule has 1 aromatic carbocycles. The van der Waals surface area contributed by atoms with Crippen molar-refractivity contribution in [1.82, 2.24) is 15.5 Å². The Morgan fingerprint density at radius 1 is 1.24 bits per heavy atom. The number of rotatable bonds is 6. The van der Waals surface area contributed by atoms with Gasteiger partial charge in [0.25, 0.3) is 5.91 Å². The van der Waals surface area contributed by atoms with Crippen molar-refractivity contribution in [2.45, 2.75) is 33.2 Å². The second-order valence-corrected chi connectivity index (χ2v) is 7.57. The van der Waals surface area contributed by atoms with Gasteiger partial charge in [-0.05, 0) is 30.5 Å². The van der Waals surface area contributed by atoms with Gasteiger partial charge in [0.05, 0.1) is 10.6 Å². The smallest absolute Gasteiger partial charge is 0.253 e. The third kappa shape index (κ3) is 5.14. The standard InChI is InChI=1S/C16H18Cl2N4O2S/c1-4-12-21-22-16(25-12)20-15(24)13(8(2)3)19-14(23)10-6-5-9(17)7-11(10)18/h5-8,13H,4H2,1-3H3,(H,19,23)(H,20,22,24). The molecule has 0 radical (unpaired) electrons. The van der Waals surface area contributed by atoms with Crippen LogP contribution in [0.4, 0.5) is 5.13 Å². The molecule has 1 aromatic heterocycles. The molecule has 2 rings (SSSR count). The maximum atomic E-state index is 12.5. The van der Waals surface area contributed by atoms with Crippen molar-refractivity contribution in [3.63, 3.8) is 0 Å². The molecule has 0 aliphatic rings. The van der Waals surface area contributed by atoms with Gasteiger partial charge < -0.3 is 5.32 Å². The number of benzene rings is 1. The number of carbonyl (C=O) groups excluding carboxylic acids is 2. The summed E-state index contributed by atoms with van der Waals surface area (Å²) in [7, 11) is 0. The average molecular weight is 401 g/mol. The van der Waals surface area contributed by atoms with E-state index in [1.807, 2.05) is 20.8 Å². The number of carbonyl (C=O) groups is 2. The third-order valence-corrected chi connectivity index (χ3v) is 4.94. The van der Waals surface area contributed by atoms with Crippen LogP contribution in [0.5, 0.6) is 0 Å². The Kier molecular flexibility index (Phi) is 6.75. The Labute approximate surface area is 159 Å². The maximum absolute atomic E-state index is 12.5. The minimum atomic E-state index is -0.742. The van der Waals surface area contributed by atoms with Gasteiger partial charge in [0, 0.05) is 5.02 Å². The molecule has 1 unspecified atom stereocenters. The first-order valence-corrected chi connectivity index (χ1v) is 9.28. The van der Waals surface area contributed by atoms with Gasteiger partial charge in [-0.3, -0.25) is 14.9 Å². The van der Waals surface area contributed by atoms with Gasteiger partial charge in [-0.2, -0.15) is 0 Å². The quantitative estimate of drug-likeness (QED) is 0.771. The molecule has 1 heterocycles. The van der Waals surface area contributed by atoms with Gasteiger partial charge in [0.15, 0.2) is 0 Å². The Morgan fingerprint density at radius 3 is 2.52 bits per heavy atom. The number of aryl methyl sites for hydroxylation is 1. The van der Waals surface area contributed by atoms with E-state index in [-0.39, 0.29) is 22.4 Å². The summed E-state index contributed by atoms with van der Waals surface area (Å²) in [5, 5.41) is 15.2. The van der Waals surface area contributed by atoms with E-state index in [0.717, 1.165) is 11.4 Å². The lowest BCUT2D eigenvalue weighted by Gasteiger charge is -2.21. The molecule has 0 fully saturated rings. The summed E-state index contributed by atoms with van der Waals surface area (Å²) in [6.07, 6.45) is 0.743. The molecule has 134 valence electrons. The SMILES string of the molecule is CCc1nnc(NC(=O)C(NC(=O)c2ccc(Cl)cc2Cl)C(C)C)s1. The highest BCUT2D eigenvalue weighted by Crippen LogP contribution is 2.21. The molecule has 0 bridgehead atoms. The van der Waals surface area contributed by atoms with Gasteiger partial charge in [-0.15, -0.1) is 10.2 Å². The van der Waals surface area contributed by atoms with E-state index < -0.39 is 11.9 Å². The summed E-state index contributed by atoms with van der Waals surface area (Å²) in [6.45, 7) is 5.64. The Morgan fingerprint density at radius 2 is 1.96 bits per heavy atom. The number of aromatic nitrogens is 2. The highest BCUT2D eigenvalue weighted by Gasteiger charge is 2.26. The fourth-order valence-electron chi connectivity index (χ4n) is 2.06. The molecular formula is C16H18Cl2N4O2S. The van der Waals surface area contributed by atoms with E-state index in [9.17, 15) is 9.59 Å². The molecule has 0 spiro atoms. The number of hydrogen-bond donors (Lipinski definition) is 2. The van der Waals surface area contributed by atoms with Crippen LogP contribution >= 0.6 is 34.5 Å². The molecular weight excluding hydrogens is 383 g/mol. The number of halogens is 2. The average Bonchev–Trinajstić information content (AvgIpc) is 2.99. The molecule has 0 saturated heterocycles. The summed E-state index contributed by atoms with van der Waals surface area (Å²) < 4.78 is 0. The second-order valence-electron chi connectivity index (χ2n) is 5.66. The van der Waals surface area contributed by atoms with Crippen molar-refractivity contribution in [2.24, 2.45) is 5.92 Å². The van der Waals surface area contributed by atoms with E-state index in [1.54, 1.807) is 6.07 Å². The van der Waals surface area contributed by atoms with Crippen LogP contribution in [-0.4, -0.2) is 28.1 Å². The molecule has 0 saturated carbocycles. The number of nitrogens with one attached hydrogen (secondary N) is 2. The zero-order valence-electron chi connectivity index (χ0n) is 14.0. The highest BCUT2D eigenvalue weighted by atomic mass is 35.5. The third-order valence-electron chi connectivity index (χ3n) is 3.41. The molecule has 0 aliphatic carbocycles. The highest BCUT2D eigenvalue weighted by molar-refractivity contribution is 7.15. The lowest BCUT2D eigenvalue weighted by Crippen LogP contribution is -2.47. The second kappa shape index (κ2) is 8.60. The Bertz CT molecular complexity index is 779. The molecule has 25 heavy (non-hydrogen) atoms. The lowest BCUT2D eigenvalue weighted by molar-refractivity contribution is -0.118. The minimum Gasteiger partial charge on any atom is -0.340 e. The van der Waals surface area contributed by atoms with Crippen molar-refractivity contribution in [3.8, 4) is 0 Å². The van der Waals surface area contributed by atoms with Crippen molar-refractivity contribution >= 4 is 51.5 Å². The molecule has 0 aliphatic heterocycles. The number of amides is 2. The fraction of sp³-hybridized carbons (Fsp3) is 0.375. The first-order chi connectivity index (χ1) is 11.8. The topological polar surface area (TPSA) is 84.0 Å². The number of hydrogen-bond acceptors (Lipinski definition) is 5. The maximum Gasteiger partial charge on any atom is 0.253 e.